The van der Waals surface area contributed by atoms with E-state index in [2.05, 4.69) is 20.3 Å². The molecule has 1 aliphatic rings. The molecular weight excluding hydrogens is 411 g/mol. The van der Waals surface area contributed by atoms with Crippen LogP contribution in [0, 0.1) is 6.92 Å². The van der Waals surface area contributed by atoms with E-state index in [0.29, 0.717) is 42.8 Å². The molecule has 164 valence electrons. The SMILES string of the molecule is Cc1cc(Nc2nccc(C(F)(F)F)n2)cc(-n2cnc(C3(O)CCC(O)CC3)c2)c1. The summed E-state index contributed by atoms with van der Waals surface area (Å²) in [7, 11) is 0. The first-order chi connectivity index (χ1) is 14.6. The second-order valence-electron chi connectivity index (χ2n) is 7.87. The van der Waals surface area contributed by atoms with Crippen LogP contribution in [-0.2, 0) is 11.8 Å². The quantitative estimate of drug-likeness (QED) is 0.578. The maximum Gasteiger partial charge on any atom is 0.433 e. The van der Waals surface area contributed by atoms with E-state index in [4.69, 9.17) is 0 Å². The van der Waals surface area contributed by atoms with Gasteiger partial charge in [-0.25, -0.2) is 15.0 Å². The molecule has 3 N–H and O–H groups in total. The first-order valence-corrected chi connectivity index (χ1v) is 9.87. The Balaban J connectivity index is 1.59. The molecule has 2 heterocycles. The van der Waals surface area contributed by atoms with E-state index in [1.165, 1.54) is 0 Å². The zero-order chi connectivity index (χ0) is 22.2. The molecule has 0 spiro atoms. The van der Waals surface area contributed by atoms with Gasteiger partial charge in [0.05, 0.1) is 18.1 Å². The highest BCUT2D eigenvalue weighted by atomic mass is 19.4. The van der Waals surface area contributed by atoms with E-state index in [-0.39, 0.29) is 5.95 Å². The standard InChI is InChI=1S/C21H22F3N5O2/c1-13-8-14(27-19-25-7-4-17(28-19)21(22,23)24)10-15(9-13)29-11-18(26-12-29)20(31)5-2-16(30)3-6-20/h4,7-12,16,30-31H,2-3,5-6H2,1H3,(H,25,27,28). The van der Waals surface area contributed by atoms with Crippen molar-refractivity contribution in [1.82, 2.24) is 19.5 Å². The van der Waals surface area contributed by atoms with Crippen LogP contribution in [0.4, 0.5) is 24.8 Å². The molecule has 31 heavy (non-hydrogen) atoms. The average Bonchev–Trinajstić information content (AvgIpc) is 3.21. The van der Waals surface area contributed by atoms with E-state index in [1.54, 1.807) is 29.2 Å². The third-order valence-corrected chi connectivity index (χ3v) is 5.40. The molecule has 10 heteroatoms. The molecule has 0 saturated heterocycles. The van der Waals surface area contributed by atoms with Gasteiger partial charge in [0.25, 0.3) is 0 Å². The summed E-state index contributed by atoms with van der Waals surface area (Å²) in [5, 5.41) is 23.4. The number of rotatable bonds is 4. The van der Waals surface area contributed by atoms with Crippen molar-refractivity contribution in [2.24, 2.45) is 0 Å². The highest BCUT2D eigenvalue weighted by Gasteiger charge is 2.36. The van der Waals surface area contributed by atoms with Crippen molar-refractivity contribution in [2.75, 3.05) is 5.32 Å². The van der Waals surface area contributed by atoms with Crippen molar-refractivity contribution in [3.63, 3.8) is 0 Å². The van der Waals surface area contributed by atoms with Gasteiger partial charge in [-0.1, -0.05) is 0 Å². The number of hydrogen-bond acceptors (Lipinski definition) is 6. The number of hydrogen-bond donors (Lipinski definition) is 3. The lowest BCUT2D eigenvalue weighted by molar-refractivity contribution is -0.141. The minimum Gasteiger partial charge on any atom is -0.393 e. The van der Waals surface area contributed by atoms with Gasteiger partial charge in [0.2, 0.25) is 5.95 Å². The molecule has 1 fully saturated rings. The minimum atomic E-state index is -4.56. The number of anilines is 2. The number of alkyl halides is 3. The van der Waals surface area contributed by atoms with Crippen molar-refractivity contribution in [3.05, 3.63) is 59.9 Å². The van der Waals surface area contributed by atoms with Gasteiger partial charge in [-0.3, -0.25) is 0 Å². The molecule has 7 nitrogen and oxygen atoms in total. The summed E-state index contributed by atoms with van der Waals surface area (Å²) in [6.45, 7) is 1.86. The Morgan fingerprint density at radius 3 is 2.61 bits per heavy atom. The van der Waals surface area contributed by atoms with Crippen LogP contribution in [-0.4, -0.2) is 35.8 Å². The number of aromatic nitrogens is 4. The predicted molar refractivity (Wildman–Crippen MR) is 107 cm³/mol. The van der Waals surface area contributed by atoms with Gasteiger partial charge in [-0.05, 0) is 62.4 Å². The minimum absolute atomic E-state index is 0.159. The van der Waals surface area contributed by atoms with Gasteiger partial charge >= 0.3 is 6.18 Å². The highest BCUT2D eigenvalue weighted by Crippen LogP contribution is 2.36. The molecule has 0 bridgehead atoms. The molecular formula is C21H22F3N5O2. The van der Waals surface area contributed by atoms with Gasteiger partial charge < -0.3 is 20.1 Å². The molecule has 1 aliphatic carbocycles. The highest BCUT2D eigenvalue weighted by molar-refractivity contribution is 5.59. The summed E-state index contributed by atoms with van der Waals surface area (Å²) in [5.41, 5.74) is 0.513. The van der Waals surface area contributed by atoms with E-state index in [0.717, 1.165) is 17.8 Å². The van der Waals surface area contributed by atoms with Crippen LogP contribution in [0.2, 0.25) is 0 Å². The second kappa shape index (κ2) is 7.93. The average molecular weight is 433 g/mol. The lowest BCUT2D eigenvalue weighted by atomic mass is 9.81. The van der Waals surface area contributed by atoms with Crippen molar-refractivity contribution in [1.29, 1.82) is 0 Å². The van der Waals surface area contributed by atoms with E-state index >= 15 is 0 Å². The molecule has 1 saturated carbocycles. The van der Waals surface area contributed by atoms with Crippen molar-refractivity contribution in [3.8, 4) is 5.69 Å². The Bertz CT molecular complexity index is 1070. The van der Waals surface area contributed by atoms with E-state index in [9.17, 15) is 23.4 Å². The molecule has 2 aromatic heterocycles. The molecule has 0 amide bonds. The Labute approximate surface area is 176 Å². The Morgan fingerprint density at radius 2 is 1.90 bits per heavy atom. The Hall–Kier alpha value is -2.98. The summed E-state index contributed by atoms with van der Waals surface area (Å²) in [4.78, 5) is 11.8. The molecule has 4 rings (SSSR count). The number of benzene rings is 1. The van der Waals surface area contributed by atoms with Crippen LogP contribution in [0.1, 0.15) is 42.6 Å². The summed E-state index contributed by atoms with van der Waals surface area (Å²) in [5.74, 6) is -0.159. The summed E-state index contributed by atoms with van der Waals surface area (Å²) in [6.07, 6.45) is 1.30. The monoisotopic (exact) mass is 433 g/mol. The first kappa shape index (κ1) is 21.3. The van der Waals surface area contributed by atoms with E-state index in [1.807, 2.05) is 13.0 Å². The van der Waals surface area contributed by atoms with Gasteiger partial charge in [0.15, 0.2) is 0 Å². The molecule has 3 aromatic rings. The van der Waals surface area contributed by atoms with E-state index < -0.39 is 23.6 Å². The summed E-state index contributed by atoms with van der Waals surface area (Å²) in [6, 6.07) is 6.20. The lowest BCUT2D eigenvalue weighted by Gasteiger charge is -2.32. The molecule has 0 unspecified atom stereocenters. The maximum atomic E-state index is 12.9. The normalized spacial score (nSPS) is 21.8. The van der Waals surface area contributed by atoms with Crippen LogP contribution >= 0.6 is 0 Å². The van der Waals surface area contributed by atoms with Crippen LogP contribution < -0.4 is 5.32 Å². The zero-order valence-corrected chi connectivity index (χ0v) is 16.8. The topological polar surface area (TPSA) is 96.1 Å². The maximum absolute atomic E-state index is 12.9. The van der Waals surface area contributed by atoms with Crippen molar-refractivity contribution in [2.45, 2.75) is 50.5 Å². The molecule has 0 aliphatic heterocycles. The number of aryl methyl sites for hydroxylation is 1. The van der Waals surface area contributed by atoms with Gasteiger partial charge in [0, 0.05) is 23.8 Å². The van der Waals surface area contributed by atoms with Gasteiger partial charge in [0.1, 0.15) is 11.3 Å². The number of aliphatic hydroxyl groups is 2. The fraction of sp³-hybridized carbons (Fsp3) is 0.381. The summed E-state index contributed by atoms with van der Waals surface area (Å²) < 4.78 is 40.4. The largest absolute Gasteiger partial charge is 0.433 e. The van der Waals surface area contributed by atoms with Crippen LogP contribution in [0.25, 0.3) is 5.69 Å². The third-order valence-electron chi connectivity index (χ3n) is 5.40. The molecule has 0 radical (unpaired) electrons. The van der Waals surface area contributed by atoms with Crippen molar-refractivity contribution < 1.29 is 23.4 Å². The third kappa shape index (κ3) is 4.70. The number of nitrogens with zero attached hydrogens (tertiary/aromatic N) is 4. The Kier molecular flexibility index (Phi) is 5.44. The fourth-order valence-electron chi connectivity index (χ4n) is 3.73. The molecule has 1 aromatic carbocycles. The lowest BCUT2D eigenvalue weighted by Crippen LogP contribution is -2.33. The predicted octanol–water partition coefficient (Wildman–Crippen LogP) is 3.86. The van der Waals surface area contributed by atoms with Gasteiger partial charge in [-0.2, -0.15) is 13.2 Å². The molecule has 0 atom stereocenters. The van der Waals surface area contributed by atoms with Crippen molar-refractivity contribution >= 4 is 11.6 Å². The number of aliphatic hydroxyl groups excluding tert-OH is 1. The first-order valence-electron chi connectivity index (χ1n) is 9.87. The van der Waals surface area contributed by atoms with Crippen LogP contribution in [0.5, 0.6) is 0 Å². The Morgan fingerprint density at radius 1 is 1.16 bits per heavy atom. The smallest absolute Gasteiger partial charge is 0.393 e. The van der Waals surface area contributed by atoms with Crippen LogP contribution in [0.15, 0.2) is 43.0 Å². The fourth-order valence-corrected chi connectivity index (χ4v) is 3.73. The summed E-state index contributed by atoms with van der Waals surface area (Å²) >= 11 is 0. The van der Waals surface area contributed by atoms with Crippen LogP contribution in [0.3, 0.4) is 0 Å². The second-order valence-corrected chi connectivity index (χ2v) is 7.87. The zero-order valence-electron chi connectivity index (χ0n) is 16.8. The number of halogens is 3. The number of imidazole rings is 1. The van der Waals surface area contributed by atoms with Gasteiger partial charge in [-0.15, -0.1) is 0 Å². The number of nitrogens with one attached hydrogen (secondary N) is 1.